The Kier molecular flexibility index (Phi) is 7.26. The Balaban J connectivity index is 0.00000200. The summed E-state index contributed by atoms with van der Waals surface area (Å²) in [5.74, 6) is -0.0822. The lowest BCUT2D eigenvalue weighted by Gasteiger charge is -2.30. The molecule has 2 saturated heterocycles. The van der Waals surface area contributed by atoms with Crippen LogP contribution in [0.5, 0.6) is 0 Å². The summed E-state index contributed by atoms with van der Waals surface area (Å²) in [7, 11) is 0. The zero-order chi connectivity index (χ0) is 13.7. The highest BCUT2D eigenvalue weighted by Gasteiger charge is 2.27. The molecule has 0 aromatic carbocycles. The molecule has 0 spiro atoms. The summed E-state index contributed by atoms with van der Waals surface area (Å²) in [5.41, 5.74) is 0. The van der Waals surface area contributed by atoms with Crippen molar-refractivity contribution in [1.82, 2.24) is 15.5 Å². The number of carbonyl (C=O) groups is 2. The van der Waals surface area contributed by atoms with Gasteiger partial charge < -0.3 is 20.3 Å². The van der Waals surface area contributed by atoms with Gasteiger partial charge in [0, 0.05) is 13.1 Å². The molecule has 2 amide bonds. The van der Waals surface area contributed by atoms with Gasteiger partial charge in [-0.3, -0.25) is 9.59 Å². The highest BCUT2D eigenvalue weighted by Crippen LogP contribution is 2.07. The van der Waals surface area contributed by atoms with Gasteiger partial charge in [0.2, 0.25) is 11.8 Å². The van der Waals surface area contributed by atoms with Crippen LogP contribution >= 0.6 is 12.4 Å². The number of nitrogens with one attached hydrogen (secondary N) is 2. The number of amides is 2. The van der Waals surface area contributed by atoms with E-state index in [1.165, 1.54) is 0 Å². The van der Waals surface area contributed by atoms with Crippen molar-refractivity contribution >= 4 is 24.2 Å². The summed E-state index contributed by atoms with van der Waals surface area (Å²) in [6.45, 7) is 5.01. The molecule has 0 aliphatic carbocycles. The molecule has 0 aromatic rings. The normalized spacial score (nSPS) is 24.4. The molecular weight excluding hydrogens is 282 g/mol. The predicted molar refractivity (Wildman–Crippen MR) is 77.9 cm³/mol. The van der Waals surface area contributed by atoms with E-state index in [0.717, 1.165) is 25.8 Å². The molecule has 2 aliphatic rings. The second kappa shape index (κ2) is 8.44. The van der Waals surface area contributed by atoms with Crippen LogP contribution in [0.4, 0.5) is 0 Å². The van der Waals surface area contributed by atoms with Crippen molar-refractivity contribution in [1.29, 1.82) is 0 Å². The summed E-state index contributed by atoms with van der Waals surface area (Å²) in [5, 5.41) is 6.00. The number of rotatable bonds is 3. The van der Waals surface area contributed by atoms with Gasteiger partial charge in [0.15, 0.2) is 0 Å². The smallest absolute Gasteiger partial charge is 0.245 e. The van der Waals surface area contributed by atoms with E-state index in [-0.39, 0.29) is 30.3 Å². The predicted octanol–water partition coefficient (Wildman–Crippen LogP) is -0.0862. The Labute approximate surface area is 126 Å². The number of ether oxygens (including phenoxy) is 1. The molecule has 2 heterocycles. The summed E-state index contributed by atoms with van der Waals surface area (Å²) in [6, 6.07) is -0.608. The number of carbonyl (C=O) groups excluding carboxylic acids is 2. The fourth-order valence-corrected chi connectivity index (χ4v) is 2.51. The van der Waals surface area contributed by atoms with E-state index < -0.39 is 6.04 Å². The molecule has 0 saturated carbocycles. The average molecular weight is 306 g/mol. The highest BCUT2D eigenvalue weighted by molar-refractivity contribution is 5.89. The van der Waals surface area contributed by atoms with Gasteiger partial charge >= 0.3 is 0 Å². The molecule has 2 N–H and O–H groups in total. The van der Waals surface area contributed by atoms with Gasteiger partial charge in [0.1, 0.15) is 6.04 Å². The third-order valence-electron chi connectivity index (χ3n) is 3.68. The number of hydrogen-bond acceptors (Lipinski definition) is 4. The minimum Gasteiger partial charge on any atom is -0.378 e. The van der Waals surface area contributed by atoms with Crippen molar-refractivity contribution in [3.63, 3.8) is 0 Å². The molecule has 116 valence electrons. The first-order valence-electron chi connectivity index (χ1n) is 7.09. The Morgan fingerprint density at radius 1 is 1.30 bits per heavy atom. The molecule has 6 nitrogen and oxygen atoms in total. The third kappa shape index (κ3) is 4.61. The number of hydrogen-bond donors (Lipinski definition) is 2. The Bertz CT molecular complexity index is 329. The Hall–Kier alpha value is -0.850. The molecule has 2 atom stereocenters. The molecule has 0 aromatic heterocycles. The molecule has 20 heavy (non-hydrogen) atoms. The van der Waals surface area contributed by atoms with Gasteiger partial charge in [-0.1, -0.05) is 6.42 Å². The molecule has 2 rings (SSSR count). The molecular formula is C13H24ClN3O3. The molecule has 2 aliphatic heterocycles. The number of piperidine rings is 1. The van der Waals surface area contributed by atoms with Crippen LogP contribution in [-0.4, -0.2) is 61.6 Å². The molecule has 7 heteroatoms. The van der Waals surface area contributed by atoms with E-state index in [4.69, 9.17) is 4.74 Å². The van der Waals surface area contributed by atoms with E-state index in [1.54, 1.807) is 11.8 Å². The fourth-order valence-electron chi connectivity index (χ4n) is 2.51. The molecule has 0 radical (unpaired) electrons. The lowest BCUT2D eigenvalue weighted by Crippen LogP contribution is -2.54. The minimum absolute atomic E-state index is 0. The van der Waals surface area contributed by atoms with E-state index in [0.29, 0.717) is 26.3 Å². The average Bonchev–Trinajstić information content (AvgIpc) is 2.48. The second-order valence-electron chi connectivity index (χ2n) is 5.17. The van der Waals surface area contributed by atoms with Gasteiger partial charge in [0.05, 0.1) is 19.3 Å². The van der Waals surface area contributed by atoms with Crippen LogP contribution in [0.2, 0.25) is 0 Å². The monoisotopic (exact) mass is 305 g/mol. The maximum atomic E-state index is 12.2. The lowest BCUT2D eigenvalue weighted by molar-refractivity contribution is -0.139. The van der Waals surface area contributed by atoms with E-state index in [9.17, 15) is 9.59 Å². The molecule has 0 bridgehead atoms. The summed E-state index contributed by atoms with van der Waals surface area (Å²) >= 11 is 0. The largest absolute Gasteiger partial charge is 0.378 e. The van der Waals surface area contributed by atoms with Crippen LogP contribution in [0.1, 0.15) is 26.2 Å². The van der Waals surface area contributed by atoms with Crippen LogP contribution in [0.15, 0.2) is 0 Å². The highest BCUT2D eigenvalue weighted by atomic mass is 35.5. The first-order chi connectivity index (χ1) is 9.18. The zero-order valence-corrected chi connectivity index (χ0v) is 12.7. The zero-order valence-electron chi connectivity index (χ0n) is 11.9. The first kappa shape index (κ1) is 17.2. The van der Waals surface area contributed by atoms with Gasteiger partial charge in [-0.25, -0.2) is 0 Å². The maximum absolute atomic E-state index is 12.2. The van der Waals surface area contributed by atoms with Gasteiger partial charge in [-0.05, 0) is 26.3 Å². The number of halogens is 1. The Morgan fingerprint density at radius 2 is 2.00 bits per heavy atom. The second-order valence-corrected chi connectivity index (χ2v) is 5.17. The number of morpholine rings is 1. The summed E-state index contributed by atoms with van der Waals surface area (Å²) in [4.78, 5) is 25.9. The van der Waals surface area contributed by atoms with Gasteiger partial charge in [-0.15, -0.1) is 12.4 Å². The SMILES string of the molecule is CC(NC(=O)C1CCCCN1)C(=O)N1CCOCC1.Cl. The first-order valence-corrected chi connectivity index (χ1v) is 7.09. The Morgan fingerprint density at radius 3 is 2.60 bits per heavy atom. The van der Waals surface area contributed by atoms with Crippen LogP contribution < -0.4 is 10.6 Å². The standard InChI is InChI=1S/C13H23N3O3.ClH/c1-10(13(18)16-6-8-19-9-7-16)15-12(17)11-4-2-3-5-14-11;/h10-11,14H,2-9H2,1H3,(H,15,17);1H. The van der Waals surface area contributed by atoms with Crippen LogP contribution in [-0.2, 0) is 14.3 Å². The van der Waals surface area contributed by atoms with Gasteiger partial charge in [0.25, 0.3) is 0 Å². The van der Waals surface area contributed by atoms with Crippen molar-refractivity contribution in [3.8, 4) is 0 Å². The maximum Gasteiger partial charge on any atom is 0.245 e. The van der Waals surface area contributed by atoms with Crippen LogP contribution in [0, 0.1) is 0 Å². The van der Waals surface area contributed by atoms with Crippen LogP contribution in [0.25, 0.3) is 0 Å². The molecule has 2 unspecified atom stereocenters. The van der Waals surface area contributed by atoms with Crippen molar-refractivity contribution < 1.29 is 14.3 Å². The van der Waals surface area contributed by atoms with Crippen LogP contribution in [0.3, 0.4) is 0 Å². The fraction of sp³-hybridized carbons (Fsp3) is 0.846. The third-order valence-corrected chi connectivity index (χ3v) is 3.68. The molecule has 2 fully saturated rings. The number of nitrogens with zero attached hydrogens (tertiary/aromatic N) is 1. The van der Waals surface area contributed by atoms with Gasteiger partial charge in [-0.2, -0.15) is 0 Å². The lowest BCUT2D eigenvalue weighted by atomic mass is 10.0. The van der Waals surface area contributed by atoms with Crippen molar-refractivity contribution in [2.75, 3.05) is 32.8 Å². The van der Waals surface area contributed by atoms with E-state index in [2.05, 4.69) is 10.6 Å². The minimum atomic E-state index is -0.464. The summed E-state index contributed by atoms with van der Waals surface area (Å²) < 4.78 is 5.21. The van der Waals surface area contributed by atoms with Crippen molar-refractivity contribution in [3.05, 3.63) is 0 Å². The van der Waals surface area contributed by atoms with E-state index >= 15 is 0 Å². The topological polar surface area (TPSA) is 70.7 Å². The van der Waals surface area contributed by atoms with Crippen molar-refractivity contribution in [2.45, 2.75) is 38.3 Å². The summed E-state index contributed by atoms with van der Waals surface area (Å²) in [6.07, 6.45) is 3.03. The van der Waals surface area contributed by atoms with Crippen molar-refractivity contribution in [2.24, 2.45) is 0 Å². The quantitative estimate of drug-likeness (QED) is 0.765. The van der Waals surface area contributed by atoms with E-state index in [1.807, 2.05) is 0 Å².